The molecule has 92 valence electrons. The van der Waals surface area contributed by atoms with Crippen LogP contribution >= 0.6 is 0 Å². The maximum absolute atomic E-state index is 10.8. The third kappa shape index (κ3) is 2.70. The predicted octanol–water partition coefficient (Wildman–Crippen LogP) is 1.19. The fourth-order valence-electron chi connectivity index (χ4n) is 2.15. The first-order valence-corrected chi connectivity index (χ1v) is 5.87. The minimum Gasteiger partial charge on any atom is -0.497 e. The number of fused-ring (bicyclic) bond motifs is 1. The van der Waals surface area contributed by atoms with Crippen molar-refractivity contribution in [1.29, 1.82) is 0 Å². The SMILES string of the molecule is COc1ccc2c(c1)N(CCNC(C)=O)CC2. The quantitative estimate of drug-likeness (QED) is 0.851. The van der Waals surface area contributed by atoms with Crippen molar-refractivity contribution in [2.45, 2.75) is 13.3 Å². The average molecular weight is 234 g/mol. The Morgan fingerprint density at radius 1 is 1.53 bits per heavy atom. The third-order valence-electron chi connectivity index (χ3n) is 3.04. The van der Waals surface area contributed by atoms with Crippen LogP contribution in [-0.4, -0.2) is 32.7 Å². The number of ether oxygens (including phenoxy) is 1. The van der Waals surface area contributed by atoms with Crippen LogP contribution < -0.4 is 15.0 Å². The van der Waals surface area contributed by atoms with Crippen LogP contribution in [0, 0.1) is 0 Å². The number of benzene rings is 1. The molecule has 4 nitrogen and oxygen atoms in total. The number of amides is 1. The van der Waals surface area contributed by atoms with Crippen LogP contribution in [0.25, 0.3) is 0 Å². The van der Waals surface area contributed by atoms with Crippen LogP contribution in [0.15, 0.2) is 18.2 Å². The van der Waals surface area contributed by atoms with Crippen LogP contribution in [0.5, 0.6) is 5.75 Å². The molecule has 1 aliphatic rings. The Morgan fingerprint density at radius 2 is 2.35 bits per heavy atom. The Bertz CT molecular complexity index is 418. The van der Waals surface area contributed by atoms with Crippen LogP contribution in [0.3, 0.4) is 0 Å². The fourth-order valence-corrected chi connectivity index (χ4v) is 2.15. The molecule has 0 aromatic heterocycles. The third-order valence-corrected chi connectivity index (χ3v) is 3.04. The number of anilines is 1. The normalized spacial score (nSPS) is 13.4. The molecule has 2 rings (SSSR count). The highest BCUT2D eigenvalue weighted by molar-refractivity contribution is 5.72. The smallest absolute Gasteiger partial charge is 0.216 e. The zero-order valence-corrected chi connectivity index (χ0v) is 10.3. The number of methoxy groups -OCH3 is 1. The van der Waals surface area contributed by atoms with Gasteiger partial charge in [0.05, 0.1) is 7.11 Å². The van der Waals surface area contributed by atoms with Crippen molar-refractivity contribution in [3.05, 3.63) is 23.8 Å². The van der Waals surface area contributed by atoms with Crippen molar-refractivity contribution in [3.8, 4) is 5.75 Å². The summed E-state index contributed by atoms with van der Waals surface area (Å²) < 4.78 is 5.23. The Labute approximate surface area is 102 Å². The second kappa shape index (κ2) is 5.08. The molecule has 0 fully saturated rings. The number of nitrogens with zero attached hydrogens (tertiary/aromatic N) is 1. The lowest BCUT2D eigenvalue weighted by Crippen LogP contribution is -2.32. The molecule has 0 atom stereocenters. The lowest BCUT2D eigenvalue weighted by Gasteiger charge is -2.19. The summed E-state index contributed by atoms with van der Waals surface area (Å²) in [6.07, 6.45) is 1.07. The van der Waals surface area contributed by atoms with Gasteiger partial charge in [-0.05, 0) is 18.1 Å². The number of rotatable bonds is 4. The summed E-state index contributed by atoms with van der Waals surface area (Å²) in [6, 6.07) is 6.18. The topological polar surface area (TPSA) is 41.6 Å². The zero-order valence-electron chi connectivity index (χ0n) is 10.3. The van der Waals surface area contributed by atoms with E-state index in [0.717, 1.165) is 25.3 Å². The summed E-state index contributed by atoms with van der Waals surface area (Å²) in [7, 11) is 1.68. The van der Waals surface area contributed by atoms with Crippen LogP contribution in [-0.2, 0) is 11.2 Å². The highest BCUT2D eigenvalue weighted by Crippen LogP contribution is 2.31. The van der Waals surface area contributed by atoms with Gasteiger partial charge in [-0.1, -0.05) is 6.07 Å². The summed E-state index contributed by atoms with van der Waals surface area (Å²) in [4.78, 5) is 13.1. The van der Waals surface area contributed by atoms with Gasteiger partial charge in [0.1, 0.15) is 5.75 Å². The summed E-state index contributed by atoms with van der Waals surface area (Å²) in [6.45, 7) is 4.09. The minimum absolute atomic E-state index is 0.0232. The van der Waals surface area contributed by atoms with Crippen LogP contribution in [0.1, 0.15) is 12.5 Å². The largest absolute Gasteiger partial charge is 0.497 e. The highest BCUT2D eigenvalue weighted by atomic mass is 16.5. The molecule has 0 aliphatic carbocycles. The Hall–Kier alpha value is -1.71. The van der Waals surface area contributed by atoms with Gasteiger partial charge in [0.2, 0.25) is 5.91 Å². The lowest BCUT2D eigenvalue weighted by atomic mass is 10.1. The van der Waals surface area contributed by atoms with Gasteiger partial charge in [0, 0.05) is 38.3 Å². The van der Waals surface area contributed by atoms with Gasteiger partial charge >= 0.3 is 0 Å². The summed E-state index contributed by atoms with van der Waals surface area (Å²) in [5.74, 6) is 0.908. The molecule has 0 bridgehead atoms. The van der Waals surface area contributed by atoms with Crippen molar-refractivity contribution in [2.24, 2.45) is 0 Å². The van der Waals surface area contributed by atoms with Gasteiger partial charge in [-0.25, -0.2) is 0 Å². The number of carbonyl (C=O) groups is 1. The number of hydrogen-bond acceptors (Lipinski definition) is 3. The number of hydrogen-bond donors (Lipinski definition) is 1. The summed E-state index contributed by atoms with van der Waals surface area (Å²) >= 11 is 0. The molecule has 1 N–H and O–H groups in total. The first kappa shape index (κ1) is 11.8. The molecular weight excluding hydrogens is 216 g/mol. The maximum Gasteiger partial charge on any atom is 0.216 e. The van der Waals surface area contributed by atoms with Gasteiger partial charge in [-0.15, -0.1) is 0 Å². The number of nitrogens with one attached hydrogen (secondary N) is 1. The maximum atomic E-state index is 10.8. The second-order valence-corrected chi connectivity index (χ2v) is 4.21. The predicted molar refractivity (Wildman–Crippen MR) is 67.6 cm³/mol. The van der Waals surface area contributed by atoms with E-state index < -0.39 is 0 Å². The summed E-state index contributed by atoms with van der Waals surface area (Å²) in [5.41, 5.74) is 2.59. The Kier molecular flexibility index (Phi) is 3.52. The first-order valence-electron chi connectivity index (χ1n) is 5.87. The van der Waals surface area contributed by atoms with E-state index in [-0.39, 0.29) is 5.91 Å². The van der Waals surface area contributed by atoms with Gasteiger partial charge in [0.15, 0.2) is 0 Å². The van der Waals surface area contributed by atoms with E-state index in [9.17, 15) is 4.79 Å². The van der Waals surface area contributed by atoms with E-state index >= 15 is 0 Å². The van der Waals surface area contributed by atoms with E-state index in [1.807, 2.05) is 6.07 Å². The first-order chi connectivity index (χ1) is 8.20. The zero-order chi connectivity index (χ0) is 12.3. The van der Waals surface area contributed by atoms with Crippen molar-refractivity contribution < 1.29 is 9.53 Å². The molecule has 0 unspecified atom stereocenters. The van der Waals surface area contributed by atoms with E-state index in [0.29, 0.717) is 6.54 Å². The van der Waals surface area contributed by atoms with E-state index in [2.05, 4.69) is 22.3 Å². The van der Waals surface area contributed by atoms with Gasteiger partial charge in [0.25, 0.3) is 0 Å². The van der Waals surface area contributed by atoms with Gasteiger partial charge < -0.3 is 15.0 Å². The minimum atomic E-state index is 0.0232. The molecule has 1 amide bonds. The van der Waals surface area contributed by atoms with Crippen molar-refractivity contribution in [3.63, 3.8) is 0 Å². The monoisotopic (exact) mass is 234 g/mol. The molecule has 0 saturated carbocycles. The molecule has 0 saturated heterocycles. The Balaban J connectivity index is 2.02. The van der Waals surface area contributed by atoms with Gasteiger partial charge in [-0.3, -0.25) is 4.79 Å². The molecule has 4 heteroatoms. The number of carbonyl (C=O) groups excluding carboxylic acids is 1. The second-order valence-electron chi connectivity index (χ2n) is 4.21. The molecule has 1 aliphatic heterocycles. The molecule has 0 spiro atoms. The molecule has 1 heterocycles. The average Bonchev–Trinajstić information content (AvgIpc) is 2.71. The molecule has 0 radical (unpaired) electrons. The molecule has 17 heavy (non-hydrogen) atoms. The van der Waals surface area contributed by atoms with E-state index in [1.54, 1.807) is 14.0 Å². The molecule has 1 aromatic rings. The lowest BCUT2D eigenvalue weighted by molar-refractivity contribution is -0.118. The van der Waals surface area contributed by atoms with Gasteiger partial charge in [-0.2, -0.15) is 0 Å². The van der Waals surface area contributed by atoms with Crippen LogP contribution in [0.2, 0.25) is 0 Å². The van der Waals surface area contributed by atoms with Crippen molar-refractivity contribution in [2.75, 3.05) is 31.6 Å². The van der Waals surface area contributed by atoms with E-state index in [4.69, 9.17) is 4.74 Å². The standard InChI is InChI=1S/C13H18N2O2/c1-10(16)14-6-8-15-7-5-11-3-4-12(17-2)9-13(11)15/h3-4,9H,5-8H2,1-2H3,(H,14,16). The van der Waals surface area contributed by atoms with Crippen molar-refractivity contribution >= 4 is 11.6 Å². The Morgan fingerprint density at radius 3 is 3.06 bits per heavy atom. The highest BCUT2D eigenvalue weighted by Gasteiger charge is 2.18. The van der Waals surface area contributed by atoms with E-state index in [1.165, 1.54) is 11.3 Å². The molecular formula is C13H18N2O2. The van der Waals surface area contributed by atoms with Crippen molar-refractivity contribution in [1.82, 2.24) is 5.32 Å². The molecule has 1 aromatic carbocycles. The fraction of sp³-hybridized carbons (Fsp3) is 0.462. The summed E-state index contributed by atoms with van der Waals surface area (Å²) in [5, 5.41) is 2.82. The van der Waals surface area contributed by atoms with Crippen LogP contribution in [0.4, 0.5) is 5.69 Å².